The molecule has 0 N–H and O–H groups in total. The number of rotatable bonds is 5. The van der Waals surface area contributed by atoms with Crippen LogP contribution in [-0.2, 0) is 0 Å². The summed E-state index contributed by atoms with van der Waals surface area (Å²) in [6.45, 7) is -3.04. The first-order valence-electron chi connectivity index (χ1n) is 8.63. The van der Waals surface area contributed by atoms with Crippen molar-refractivity contribution in [2.24, 2.45) is 0 Å². The molecule has 28 heavy (non-hydrogen) atoms. The maximum absolute atomic E-state index is 13.0. The fourth-order valence-corrected chi connectivity index (χ4v) is 4.09. The first-order chi connectivity index (χ1) is 13.4. The van der Waals surface area contributed by atoms with Gasteiger partial charge in [-0.25, -0.2) is 9.50 Å². The molecule has 3 aromatic heterocycles. The highest BCUT2D eigenvalue weighted by Gasteiger charge is 2.40. The third-order valence-corrected chi connectivity index (χ3v) is 5.31. The molecule has 1 aliphatic rings. The van der Waals surface area contributed by atoms with E-state index in [1.807, 2.05) is 19.0 Å². The monoisotopic (exact) mass is 406 g/mol. The molecule has 2 atom stereocenters. The maximum atomic E-state index is 13.0. The molecule has 3 heterocycles. The van der Waals surface area contributed by atoms with E-state index in [0.29, 0.717) is 23.3 Å². The molecular formula is C19H17ClF2N4O2. The van der Waals surface area contributed by atoms with Crippen LogP contribution in [0.2, 0.25) is 5.02 Å². The predicted octanol–water partition coefficient (Wildman–Crippen LogP) is 3.93. The molecule has 0 spiro atoms. The molecule has 0 fully saturated rings. The van der Waals surface area contributed by atoms with Gasteiger partial charge in [0.2, 0.25) is 5.88 Å². The molecule has 2 unspecified atom stereocenters. The Morgan fingerprint density at radius 2 is 2.14 bits per heavy atom. The van der Waals surface area contributed by atoms with Gasteiger partial charge >= 0.3 is 6.61 Å². The highest BCUT2D eigenvalue weighted by Crippen LogP contribution is 2.50. The summed E-state index contributed by atoms with van der Waals surface area (Å²) in [5.74, 6) is -0.627. The van der Waals surface area contributed by atoms with Crippen LogP contribution in [0.3, 0.4) is 0 Å². The summed E-state index contributed by atoms with van der Waals surface area (Å²) in [4.78, 5) is 17.7. The third-order valence-electron chi connectivity index (χ3n) is 5.07. The minimum absolute atomic E-state index is 0.0576. The summed E-state index contributed by atoms with van der Waals surface area (Å²) >= 11 is 6.18. The molecule has 0 saturated heterocycles. The molecule has 4 rings (SSSR count). The van der Waals surface area contributed by atoms with Crippen molar-refractivity contribution in [3.63, 3.8) is 0 Å². The van der Waals surface area contributed by atoms with Crippen molar-refractivity contribution in [3.05, 3.63) is 58.0 Å². The highest BCUT2D eigenvalue weighted by atomic mass is 35.5. The molecule has 3 aromatic rings. The lowest BCUT2D eigenvalue weighted by Gasteiger charge is -2.21. The Morgan fingerprint density at radius 1 is 1.36 bits per heavy atom. The van der Waals surface area contributed by atoms with Gasteiger partial charge in [-0.1, -0.05) is 11.6 Å². The van der Waals surface area contributed by atoms with E-state index in [4.69, 9.17) is 11.6 Å². The van der Waals surface area contributed by atoms with E-state index >= 15 is 0 Å². The van der Waals surface area contributed by atoms with Crippen LogP contribution < -0.4 is 4.74 Å². The topological polar surface area (TPSA) is 59.7 Å². The molecule has 0 saturated carbocycles. The number of pyridine rings is 2. The second-order valence-electron chi connectivity index (χ2n) is 6.86. The highest BCUT2D eigenvalue weighted by molar-refractivity contribution is 6.30. The van der Waals surface area contributed by atoms with Crippen LogP contribution in [0.4, 0.5) is 8.78 Å². The lowest BCUT2D eigenvalue weighted by molar-refractivity contribution is -0.0536. The number of aromatic nitrogens is 3. The van der Waals surface area contributed by atoms with Crippen LogP contribution in [0.25, 0.3) is 5.52 Å². The molecule has 6 nitrogen and oxygen atoms in total. The standard InChI is InChI=1S/C19H17ClF2N4O2/c1-25(2)14-8-12(15-10(9-27)3-5-23-18(15)28-19(21)22)16-13-7-11(20)4-6-26(13)24-17(14)16/h3-7,9,12,14,19H,8H2,1-2H3. The van der Waals surface area contributed by atoms with Crippen LogP contribution in [0, 0.1) is 0 Å². The average molecular weight is 407 g/mol. The van der Waals surface area contributed by atoms with Crippen molar-refractivity contribution in [2.75, 3.05) is 14.1 Å². The summed E-state index contributed by atoms with van der Waals surface area (Å²) in [5, 5.41) is 5.21. The first kappa shape index (κ1) is 18.8. The van der Waals surface area contributed by atoms with E-state index < -0.39 is 6.61 Å². The van der Waals surface area contributed by atoms with Gasteiger partial charge in [-0.2, -0.15) is 13.9 Å². The summed E-state index contributed by atoms with van der Waals surface area (Å²) in [5.41, 5.74) is 3.04. The second-order valence-corrected chi connectivity index (χ2v) is 7.29. The van der Waals surface area contributed by atoms with Crippen LogP contribution >= 0.6 is 11.6 Å². The maximum Gasteiger partial charge on any atom is 0.388 e. The average Bonchev–Trinajstić information content (AvgIpc) is 3.18. The quantitative estimate of drug-likeness (QED) is 0.601. The van der Waals surface area contributed by atoms with Gasteiger partial charge in [-0.3, -0.25) is 4.79 Å². The molecule has 0 aromatic carbocycles. The van der Waals surface area contributed by atoms with E-state index in [-0.39, 0.29) is 23.4 Å². The van der Waals surface area contributed by atoms with E-state index in [1.54, 1.807) is 22.8 Å². The second kappa shape index (κ2) is 7.10. The van der Waals surface area contributed by atoms with Crippen molar-refractivity contribution in [2.45, 2.75) is 25.0 Å². The first-order valence-corrected chi connectivity index (χ1v) is 9.01. The molecule has 0 amide bonds. The Bertz CT molecular complexity index is 1050. The number of hydrogen-bond acceptors (Lipinski definition) is 5. The van der Waals surface area contributed by atoms with Gasteiger partial charge in [0, 0.05) is 40.0 Å². The van der Waals surface area contributed by atoms with Gasteiger partial charge in [-0.05, 0) is 38.7 Å². The largest absolute Gasteiger partial charge is 0.417 e. The number of ether oxygens (including phenoxy) is 1. The zero-order valence-corrected chi connectivity index (χ0v) is 15.9. The van der Waals surface area contributed by atoms with Crippen LogP contribution in [-0.4, -0.2) is 46.5 Å². The van der Waals surface area contributed by atoms with E-state index in [2.05, 4.69) is 14.8 Å². The van der Waals surface area contributed by atoms with Gasteiger partial charge < -0.3 is 9.64 Å². The minimum Gasteiger partial charge on any atom is -0.417 e. The molecule has 146 valence electrons. The Morgan fingerprint density at radius 3 is 2.82 bits per heavy atom. The lowest BCUT2D eigenvalue weighted by atomic mass is 9.90. The van der Waals surface area contributed by atoms with Gasteiger partial charge in [0.15, 0.2) is 6.29 Å². The Labute approximate surface area is 164 Å². The fourth-order valence-electron chi connectivity index (χ4n) is 3.93. The molecular weight excluding hydrogens is 390 g/mol. The number of nitrogens with zero attached hydrogens (tertiary/aromatic N) is 4. The smallest absolute Gasteiger partial charge is 0.388 e. The van der Waals surface area contributed by atoms with E-state index in [9.17, 15) is 13.6 Å². The number of alkyl halides is 2. The summed E-state index contributed by atoms with van der Waals surface area (Å²) in [6.07, 6.45) is 4.23. The van der Waals surface area contributed by atoms with Crippen LogP contribution in [0.15, 0.2) is 30.6 Å². The third kappa shape index (κ3) is 3.02. The molecule has 9 heteroatoms. The molecule has 0 aliphatic heterocycles. The predicted molar refractivity (Wildman–Crippen MR) is 99.3 cm³/mol. The molecule has 0 radical (unpaired) electrons. The van der Waals surface area contributed by atoms with Crippen molar-refractivity contribution in [1.29, 1.82) is 0 Å². The Kier molecular flexibility index (Phi) is 4.76. The van der Waals surface area contributed by atoms with Crippen LogP contribution in [0.1, 0.15) is 45.6 Å². The molecule has 0 bridgehead atoms. The number of fused-ring (bicyclic) bond motifs is 3. The summed E-state index contributed by atoms with van der Waals surface area (Å²) in [7, 11) is 3.85. The molecule has 1 aliphatic carbocycles. The van der Waals surface area contributed by atoms with Gasteiger partial charge in [0.25, 0.3) is 0 Å². The lowest BCUT2D eigenvalue weighted by Crippen LogP contribution is -2.19. The van der Waals surface area contributed by atoms with E-state index in [1.165, 1.54) is 12.3 Å². The number of carbonyl (C=O) groups excluding carboxylic acids is 1. The normalized spacial score (nSPS) is 18.8. The van der Waals surface area contributed by atoms with Crippen molar-refractivity contribution in [3.8, 4) is 5.88 Å². The Balaban J connectivity index is 1.97. The summed E-state index contributed by atoms with van der Waals surface area (Å²) < 4.78 is 32.3. The zero-order valence-electron chi connectivity index (χ0n) is 15.1. The van der Waals surface area contributed by atoms with Gasteiger partial charge in [0.05, 0.1) is 17.3 Å². The SMILES string of the molecule is CN(C)C1CC(c2c(C=O)ccnc2OC(F)F)c2c1nn1ccc(Cl)cc21. The van der Waals surface area contributed by atoms with E-state index in [0.717, 1.165) is 16.8 Å². The number of carbonyl (C=O) groups is 1. The number of halogens is 3. The fraction of sp³-hybridized carbons (Fsp3) is 0.316. The van der Waals surface area contributed by atoms with Crippen LogP contribution in [0.5, 0.6) is 5.88 Å². The zero-order chi connectivity index (χ0) is 20.0. The summed E-state index contributed by atoms with van der Waals surface area (Å²) in [6, 6.07) is 4.95. The van der Waals surface area contributed by atoms with Crippen molar-refractivity contribution >= 4 is 23.4 Å². The number of aldehydes is 1. The van der Waals surface area contributed by atoms with Crippen molar-refractivity contribution in [1.82, 2.24) is 19.5 Å². The van der Waals surface area contributed by atoms with Crippen molar-refractivity contribution < 1.29 is 18.3 Å². The Hall–Kier alpha value is -2.58. The van der Waals surface area contributed by atoms with Gasteiger partial charge in [-0.15, -0.1) is 0 Å². The van der Waals surface area contributed by atoms with Gasteiger partial charge in [0.1, 0.15) is 0 Å². The minimum atomic E-state index is -3.04. The number of hydrogen-bond donors (Lipinski definition) is 0.